The molecule has 0 aliphatic heterocycles. The summed E-state index contributed by atoms with van der Waals surface area (Å²) in [7, 11) is 0. The number of aliphatic hydroxyl groups is 1. The third kappa shape index (κ3) is 2.66. The van der Waals surface area contributed by atoms with E-state index in [-0.39, 0.29) is 12.4 Å². The molecule has 2 nitrogen and oxygen atoms in total. The Bertz CT molecular complexity index is 334. The SMILES string of the molecule is Cc1cc(CO)ccc1C(=O)CCBr. The van der Waals surface area contributed by atoms with Crippen LogP contribution in [0.25, 0.3) is 0 Å². The lowest BCUT2D eigenvalue weighted by Gasteiger charge is -2.05. The molecule has 0 atom stereocenters. The molecule has 0 spiro atoms. The van der Waals surface area contributed by atoms with E-state index in [9.17, 15) is 4.79 Å². The number of carbonyl (C=O) groups excluding carboxylic acids is 1. The van der Waals surface area contributed by atoms with Gasteiger partial charge in [0.05, 0.1) is 6.61 Å². The molecule has 0 heterocycles. The number of Topliss-reactive ketones (excluding diaryl/α,β-unsaturated/α-hetero) is 1. The molecule has 0 bridgehead atoms. The number of rotatable bonds is 4. The summed E-state index contributed by atoms with van der Waals surface area (Å²) in [5.41, 5.74) is 2.53. The molecule has 1 aromatic rings. The lowest BCUT2D eigenvalue weighted by atomic mass is 10.0. The molecular formula is C11H13BrO2. The van der Waals surface area contributed by atoms with Gasteiger partial charge in [-0.1, -0.05) is 34.1 Å². The van der Waals surface area contributed by atoms with E-state index in [1.165, 1.54) is 0 Å². The number of hydrogen-bond acceptors (Lipinski definition) is 2. The standard InChI is InChI=1S/C11H13BrO2/c1-8-6-9(7-13)2-3-10(8)11(14)4-5-12/h2-3,6,13H,4-5,7H2,1H3. The van der Waals surface area contributed by atoms with Crippen LogP contribution in [0.4, 0.5) is 0 Å². The van der Waals surface area contributed by atoms with Gasteiger partial charge in [0.2, 0.25) is 0 Å². The summed E-state index contributed by atoms with van der Waals surface area (Å²) in [6, 6.07) is 5.42. The lowest BCUT2D eigenvalue weighted by Crippen LogP contribution is -2.02. The maximum atomic E-state index is 11.6. The van der Waals surface area contributed by atoms with Crippen molar-refractivity contribution in [2.45, 2.75) is 20.0 Å². The Kier molecular flexibility index (Phi) is 4.29. The van der Waals surface area contributed by atoms with Crippen LogP contribution in [0, 0.1) is 6.92 Å². The van der Waals surface area contributed by atoms with Gasteiger partial charge >= 0.3 is 0 Å². The number of halogens is 1. The summed E-state index contributed by atoms with van der Waals surface area (Å²) in [5.74, 6) is 0.142. The molecule has 0 aliphatic rings. The van der Waals surface area contributed by atoms with Gasteiger partial charge in [0.1, 0.15) is 0 Å². The van der Waals surface area contributed by atoms with Crippen molar-refractivity contribution in [3.8, 4) is 0 Å². The van der Waals surface area contributed by atoms with E-state index in [0.29, 0.717) is 11.8 Å². The molecule has 1 aromatic carbocycles. The van der Waals surface area contributed by atoms with Crippen LogP contribution in [0.1, 0.15) is 27.9 Å². The fraction of sp³-hybridized carbons (Fsp3) is 0.364. The van der Waals surface area contributed by atoms with Crippen LogP contribution in [0.3, 0.4) is 0 Å². The summed E-state index contributed by atoms with van der Waals surface area (Å²) in [4.78, 5) is 11.6. The fourth-order valence-electron chi connectivity index (χ4n) is 1.36. The van der Waals surface area contributed by atoms with Gasteiger partial charge in [0.25, 0.3) is 0 Å². The Hall–Kier alpha value is -0.670. The topological polar surface area (TPSA) is 37.3 Å². The highest BCUT2D eigenvalue weighted by Gasteiger charge is 2.08. The van der Waals surface area contributed by atoms with E-state index in [0.717, 1.165) is 16.7 Å². The van der Waals surface area contributed by atoms with Gasteiger partial charge in [-0.25, -0.2) is 0 Å². The Morgan fingerprint density at radius 1 is 1.50 bits per heavy atom. The molecule has 0 saturated carbocycles. The Morgan fingerprint density at radius 3 is 2.71 bits per heavy atom. The first-order valence-electron chi connectivity index (χ1n) is 4.48. The maximum Gasteiger partial charge on any atom is 0.163 e. The molecule has 3 heteroatoms. The third-order valence-electron chi connectivity index (χ3n) is 2.10. The number of carbonyl (C=O) groups is 1. The van der Waals surface area contributed by atoms with Gasteiger partial charge in [-0.2, -0.15) is 0 Å². The van der Waals surface area contributed by atoms with Crippen molar-refractivity contribution in [1.82, 2.24) is 0 Å². The average Bonchev–Trinajstić information content (AvgIpc) is 2.17. The van der Waals surface area contributed by atoms with Gasteiger partial charge in [0.15, 0.2) is 5.78 Å². The van der Waals surface area contributed by atoms with Crippen molar-refractivity contribution in [3.63, 3.8) is 0 Å². The van der Waals surface area contributed by atoms with Crippen molar-refractivity contribution in [3.05, 3.63) is 34.9 Å². The van der Waals surface area contributed by atoms with E-state index in [2.05, 4.69) is 15.9 Å². The zero-order valence-corrected chi connectivity index (χ0v) is 9.67. The molecule has 1 rings (SSSR count). The molecule has 0 amide bonds. The highest BCUT2D eigenvalue weighted by Crippen LogP contribution is 2.13. The summed E-state index contributed by atoms with van der Waals surface area (Å²) < 4.78 is 0. The first kappa shape index (κ1) is 11.4. The predicted molar refractivity (Wildman–Crippen MR) is 59.8 cm³/mol. The summed E-state index contributed by atoms with van der Waals surface area (Å²) in [6.45, 7) is 1.91. The first-order valence-corrected chi connectivity index (χ1v) is 5.60. The van der Waals surface area contributed by atoms with Crippen molar-refractivity contribution in [2.75, 3.05) is 5.33 Å². The minimum absolute atomic E-state index is 0.0216. The number of aliphatic hydroxyl groups excluding tert-OH is 1. The number of benzene rings is 1. The molecule has 0 unspecified atom stereocenters. The average molecular weight is 257 g/mol. The molecule has 0 saturated heterocycles. The van der Waals surface area contributed by atoms with Crippen LogP contribution in [0.2, 0.25) is 0 Å². The van der Waals surface area contributed by atoms with Gasteiger partial charge in [0, 0.05) is 17.3 Å². The Labute approximate surface area is 92.1 Å². The van der Waals surface area contributed by atoms with E-state index in [1.54, 1.807) is 12.1 Å². The Balaban J connectivity index is 2.94. The monoisotopic (exact) mass is 256 g/mol. The summed E-state index contributed by atoms with van der Waals surface area (Å²) >= 11 is 3.24. The van der Waals surface area contributed by atoms with Crippen LogP contribution in [-0.2, 0) is 6.61 Å². The zero-order chi connectivity index (χ0) is 10.6. The second kappa shape index (κ2) is 5.27. The second-order valence-corrected chi connectivity index (χ2v) is 3.96. The quantitative estimate of drug-likeness (QED) is 0.664. The lowest BCUT2D eigenvalue weighted by molar-refractivity contribution is 0.0989. The number of aryl methyl sites for hydroxylation is 1. The molecule has 1 N–H and O–H groups in total. The second-order valence-electron chi connectivity index (χ2n) is 3.17. The van der Waals surface area contributed by atoms with Crippen LogP contribution < -0.4 is 0 Å². The van der Waals surface area contributed by atoms with Gasteiger partial charge in [-0.15, -0.1) is 0 Å². The number of alkyl halides is 1. The molecule has 0 fully saturated rings. The Morgan fingerprint density at radius 2 is 2.21 bits per heavy atom. The molecule has 0 radical (unpaired) electrons. The van der Waals surface area contributed by atoms with Gasteiger partial charge < -0.3 is 5.11 Å². The van der Waals surface area contributed by atoms with E-state index < -0.39 is 0 Å². The third-order valence-corrected chi connectivity index (χ3v) is 2.49. The smallest absolute Gasteiger partial charge is 0.163 e. The van der Waals surface area contributed by atoms with Crippen molar-refractivity contribution >= 4 is 21.7 Å². The number of ketones is 1. The van der Waals surface area contributed by atoms with E-state index in [4.69, 9.17) is 5.11 Å². The fourth-order valence-corrected chi connectivity index (χ4v) is 1.72. The molecule has 14 heavy (non-hydrogen) atoms. The van der Waals surface area contributed by atoms with Crippen molar-refractivity contribution in [2.24, 2.45) is 0 Å². The van der Waals surface area contributed by atoms with Crippen LogP contribution >= 0.6 is 15.9 Å². The summed E-state index contributed by atoms with van der Waals surface area (Å²) in [6.07, 6.45) is 0.513. The van der Waals surface area contributed by atoms with E-state index >= 15 is 0 Å². The van der Waals surface area contributed by atoms with Crippen molar-refractivity contribution < 1.29 is 9.90 Å². The normalized spacial score (nSPS) is 10.2. The molecule has 0 aliphatic carbocycles. The summed E-state index contributed by atoms with van der Waals surface area (Å²) in [5, 5.41) is 9.59. The maximum absolute atomic E-state index is 11.6. The van der Waals surface area contributed by atoms with Crippen LogP contribution in [-0.4, -0.2) is 16.2 Å². The van der Waals surface area contributed by atoms with E-state index in [1.807, 2.05) is 13.0 Å². The van der Waals surface area contributed by atoms with Crippen molar-refractivity contribution in [1.29, 1.82) is 0 Å². The highest BCUT2D eigenvalue weighted by molar-refractivity contribution is 9.09. The zero-order valence-electron chi connectivity index (χ0n) is 8.09. The number of hydrogen-bond donors (Lipinski definition) is 1. The van der Waals surface area contributed by atoms with Crippen LogP contribution in [0.15, 0.2) is 18.2 Å². The molecule has 0 aromatic heterocycles. The van der Waals surface area contributed by atoms with Gasteiger partial charge in [-0.3, -0.25) is 4.79 Å². The first-order chi connectivity index (χ1) is 6.69. The minimum atomic E-state index is 0.0216. The molecular weight excluding hydrogens is 244 g/mol. The van der Waals surface area contributed by atoms with Crippen LogP contribution in [0.5, 0.6) is 0 Å². The largest absolute Gasteiger partial charge is 0.392 e. The minimum Gasteiger partial charge on any atom is -0.392 e. The predicted octanol–water partition coefficient (Wildman–Crippen LogP) is 2.46. The molecule has 76 valence electrons. The van der Waals surface area contributed by atoms with Gasteiger partial charge in [-0.05, 0) is 18.1 Å². The highest BCUT2D eigenvalue weighted by atomic mass is 79.9.